The summed E-state index contributed by atoms with van der Waals surface area (Å²) in [7, 11) is 0. The number of rotatable bonds is 7. The van der Waals surface area contributed by atoms with E-state index in [0.717, 1.165) is 28.4 Å². The van der Waals surface area contributed by atoms with Crippen LogP contribution >= 0.6 is 15.9 Å². The molecule has 1 aliphatic carbocycles. The van der Waals surface area contributed by atoms with E-state index in [1.165, 1.54) is 0 Å². The number of carbonyl (C=O) groups excluding carboxylic acids is 1. The molecule has 1 aliphatic rings. The molecular formula is C16H20BrNO3. The van der Waals surface area contributed by atoms with Gasteiger partial charge in [-0.15, -0.1) is 0 Å². The van der Waals surface area contributed by atoms with Crippen LogP contribution in [0.15, 0.2) is 22.7 Å². The van der Waals surface area contributed by atoms with Crippen LogP contribution in [0.25, 0.3) is 0 Å². The molecule has 0 radical (unpaired) electrons. The van der Waals surface area contributed by atoms with Gasteiger partial charge in [-0.3, -0.25) is 4.79 Å². The summed E-state index contributed by atoms with van der Waals surface area (Å²) >= 11 is 3.44. The molecule has 0 aliphatic heterocycles. The fraction of sp³-hybridized carbons (Fsp3) is 0.500. The molecule has 1 amide bonds. The third-order valence-electron chi connectivity index (χ3n) is 3.76. The molecular weight excluding hydrogens is 334 g/mol. The van der Waals surface area contributed by atoms with Crippen molar-refractivity contribution in [3.8, 4) is 0 Å². The number of carboxylic acid groups (broad SMARTS) is 1. The minimum absolute atomic E-state index is 0.191. The molecule has 0 saturated heterocycles. The summed E-state index contributed by atoms with van der Waals surface area (Å²) in [4.78, 5) is 23.0. The van der Waals surface area contributed by atoms with Gasteiger partial charge < -0.3 is 10.4 Å². The zero-order chi connectivity index (χ0) is 15.4. The van der Waals surface area contributed by atoms with Crippen LogP contribution in [0, 0.1) is 12.8 Å². The Balaban J connectivity index is 1.82. The molecule has 0 aromatic heterocycles. The molecule has 2 rings (SSSR count). The molecule has 1 atom stereocenters. The number of aliphatic carboxylic acids is 1. The van der Waals surface area contributed by atoms with Crippen LogP contribution in [0.5, 0.6) is 0 Å². The summed E-state index contributed by atoms with van der Waals surface area (Å²) < 4.78 is 1.05. The van der Waals surface area contributed by atoms with Gasteiger partial charge in [0.15, 0.2) is 0 Å². The second-order valence-corrected chi connectivity index (χ2v) is 6.58. The maximum absolute atomic E-state index is 11.9. The lowest BCUT2D eigenvalue weighted by atomic mass is 10.1. The largest absolute Gasteiger partial charge is 0.480 e. The summed E-state index contributed by atoms with van der Waals surface area (Å²) in [6.07, 6.45) is 3.65. The van der Waals surface area contributed by atoms with Crippen molar-refractivity contribution in [2.75, 3.05) is 0 Å². The maximum Gasteiger partial charge on any atom is 0.326 e. The summed E-state index contributed by atoms with van der Waals surface area (Å²) in [5.41, 5.74) is 2.21. The van der Waals surface area contributed by atoms with E-state index < -0.39 is 12.0 Å². The monoisotopic (exact) mass is 353 g/mol. The van der Waals surface area contributed by atoms with Gasteiger partial charge in [0.05, 0.1) is 0 Å². The van der Waals surface area contributed by atoms with Crippen molar-refractivity contribution >= 4 is 27.8 Å². The van der Waals surface area contributed by atoms with Crippen molar-refractivity contribution in [3.05, 3.63) is 33.8 Å². The van der Waals surface area contributed by atoms with Crippen LogP contribution in [-0.4, -0.2) is 23.0 Å². The normalized spacial score (nSPS) is 15.5. The van der Waals surface area contributed by atoms with Crippen molar-refractivity contribution in [1.29, 1.82) is 0 Å². The van der Waals surface area contributed by atoms with E-state index in [0.29, 0.717) is 25.2 Å². The van der Waals surface area contributed by atoms with Crippen LogP contribution in [-0.2, 0) is 16.0 Å². The third-order valence-corrected chi connectivity index (χ3v) is 4.65. The summed E-state index contributed by atoms with van der Waals surface area (Å²) in [6, 6.07) is 5.24. The van der Waals surface area contributed by atoms with Crippen molar-refractivity contribution in [1.82, 2.24) is 5.32 Å². The highest BCUT2D eigenvalue weighted by molar-refractivity contribution is 9.10. The first-order valence-electron chi connectivity index (χ1n) is 7.23. The molecule has 114 valence electrons. The van der Waals surface area contributed by atoms with Crippen molar-refractivity contribution in [2.24, 2.45) is 5.92 Å². The van der Waals surface area contributed by atoms with E-state index in [9.17, 15) is 9.59 Å². The summed E-state index contributed by atoms with van der Waals surface area (Å²) in [5.74, 6) is -0.654. The van der Waals surface area contributed by atoms with E-state index in [2.05, 4.69) is 21.2 Å². The molecule has 0 heterocycles. The number of carboxylic acids is 1. The summed E-state index contributed by atoms with van der Waals surface area (Å²) in [5, 5.41) is 11.8. The van der Waals surface area contributed by atoms with Gasteiger partial charge in [0.1, 0.15) is 6.04 Å². The van der Waals surface area contributed by atoms with Crippen molar-refractivity contribution in [2.45, 2.75) is 45.1 Å². The zero-order valence-electron chi connectivity index (χ0n) is 12.1. The highest BCUT2D eigenvalue weighted by atomic mass is 79.9. The maximum atomic E-state index is 11.9. The second kappa shape index (κ2) is 7.07. The Morgan fingerprint density at radius 1 is 1.43 bits per heavy atom. The highest BCUT2D eigenvalue weighted by Crippen LogP contribution is 2.33. The second-order valence-electron chi connectivity index (χ2n) is 5.72. The number of halogens is 1. The predicted molar refractivity (Wildman–Crippen MR) is 84.1 cm³/mol. The van der Waals surface area contributed by atoms with Gasteiger partial charge in [-0.05, 0) is 42.9 Å². The predicted octanol–water partition coefficient (Wildman–Crippen LogP) is 3.06. The Bertz CT molecular complexity index is 540. The summed E-state index contributed by atoms with van der Waals surface area (Å²) in [6.45, 7) is 2.00. The van der Waals surface area contributed by atoms with E-state index >= 15 is 0 Å². The van der Waals surface area contributed by atoms with Gasteiger partial charge in [-0.25, -0.2) is 4.79 Å². The Morgan fingerprint density at radius 3 is 2.71 bits per heavy atom. The number of hydrogen-bond donors (Lipinski definition) is 2. The van der Waals surface area contributed by atoms with Crippen LogP contribution in [0.4, 0.5) is 0 Å². The first kappa shape index (κ1) is 16.0. The standard InChI is InChI=1S/C16H20BrNO3/c1-10-8-11(4-6-13(10)17)5-7-15(19)18-14(16(20)21)9-12-2-3-12/h4,6,8,12,14H,2-3,5,7,9H2,1H3,(H,18,19)(H,20,21). The lowest BCUT2D eigenvalue weighted by Crippen LogP contribution is -2.41. The van der Waals surface area contributed by atoms with Gasteiger partial charge in [0.25, 0.3) is 0 Å². The quantitative estimate of drug-likeness (QED) is 0.791. The number of aryl methyl sites for hydroxylation is 2. The van der Waals surface area contributed by atoms with Gasteiger partial charge in [-0.1, -0.05) is 40.9 Å². The minimum Gasteiger partial charge on any atom is -0.480 e. The molecule has 1 aromatic carbocycles. The van der Waals surface area contributed by atoms with Crippen LogP contribution in [0.1, 0.15) is 36.8 Å². The van der Waals surface area contributed by atoms with Gasteiger partial charge in [-0.2, -0.15) is 0 Å². The number of carbonyl (C=O) groups is 2. The molecule has 1 unspecified atom stereocenters. The molecule has 1 fully saturated rings. The Labute approximate surface area is 133 Å². The minimum atomic E-state index is -0.935. The van der Waals surface area contributed by atoms with Gasteiger partial charge >= 0.3 is 5.97 Å². The smallest absolute Gasteiger partial charge is 0.326 e. The Morgan fingerprint density at radius 2 is 2.14 bits per heavy atom. The average Bonchev–Trinajstić information content (AvgIpc) is 3.23. The number of hydrogen-bond acceptors (Lipinski definition) is 2. The molecule has 1 saturated carbocycles. The molecule has 4 nitrogen and oxygen atoms in total. The molecule has 5 heteroatoms. The molecule has 21 heavy (non-hydrogen) atoms. The molecule has 2 N–H and O–H groups in total. The van der Waals surface area contributed by atoms with Crippen molar-refractivity contribution in [3.63, 3.8) is 0 Å². The Hall–Kier alpha value is -1.36. The fourth-order valence-electron chi connectivity index (χ4n) is 2.30. The number of nitrogens with one attached hydrogen (secondary N) is 1. The average molecular weight is 354 g/mol. The lowest BCUT2D eigenvalue weighted by Gasteiger charge is -2.14. The molecule has 0 bridgehead atoms. The topological polar surface area (TPSA) is 66.4 Å². The van der Waals surface area contributed by atoms with Gasteiger partial charge in [0.2, 0.25) is 5.91 Å². The fourth-order valence-corrected chi connectivity index (χ4v) is 2.54. The zero-order valence-corrected chi connectivity index (χ0v) is 13.6. The van der Waals surface area contributed by atoms with Crippen LogP contribution < -0.4 is 5.32 Å². The first-order valence-corrected chi connectivity index (χ1v) is 8.02. The third kappa shape index (κ3) is 5.16. The van der Waals surface area contributed by atoms with Crippen molar-refractivity contribution < 1.29 is 14.7 Å². The van der Waals surface area contributed by atoms with Crippen LogP contribution in [0.3, 0.4) is 0 Å². The lowest BCUT2D eigenvalue weighted by molar-refractivity contribution is -0.142. The van der Waals surface area contributed by atoms with E-state index in [-0.39, 0.29) is 5.91 Å². The SMILES string of the molecule is Cc1cc(CCC(=O)NC(CC2CC2)C(=O)O)ccc1Br. The van der Waals surface area contributed by atoms with Crippen LogP contribution in [0.2, 0.25) is 0 Å². The first-order chi connectivity index (χ1) is 9.95. The number of benzene rings is 1. The Kier molecular flexibility index (Phi) is 5.39. The van der Waals surface area contributed by atoms with E-state index in [1.54, 1.807) is 0 Å². The van der Waals surface area contributed by atoms with E-state index in [4.69, 9.17) is 5.11 Å². The highest BCUT2D eigenvalue weighted by Gasteiger charge is 2.29. The van der Waals surface area contributed by atoms with Gasteiger partial charge in [0, 0.05) is 10.9 Å². The molecule has 1 aromatic rings. The molecule has 0 spiro atoms. The number of amides is 1. The van der Waals surface area contributed by atoms with E-state index in [1.807, 2.05) is 25.1 Å².